The van der Waals surface area contributed by atoms with Crippen molar-refractivity contribution >= 4 is 11.3 Å². The Labute approximate surface area is 121 Å². The third kappa shape index (κ3) is 4.58. The number of nitrogens with one attached hydrogen (secondary N) is 1. The number of benzene rings is 1. The Morgan fingerprint density at radius 2 is 1.75 bits per heavy atom. The van der Waals surface area contributed by atoms with Crippen LogP contribution in [0.1, 0.15) is 23.6 Å². The summed E-state index contributed by atoms with van der Waals surface area (Å²) in [6, 6.07) is 7.62. The van der Waals surface area contributed by atoms with E-state index < -0.39 is 11.6 Å². The van der Waals surface area contributed by atoms with E-state index in [0.29, 0.717) is 12.6 Å². The summed E-state index contributed by atoms with van der Waals surface area (Å²) in [5.74, 6) is -1.06. The minimum absolute atomic E-state index is 0.206. The Kier molecular flexibility index (Phi) is 5.09. The Bertz CT molecular complexity index is 549. The van der Waals surface area contributed by atoms with Gasteiger partial charge in [-0.25, -0.2) is 8.78 Å². The van der Waals surface area contributed by atoms with Gasteiger partial charge in [0.25, 0.3) is 0 Å². The van der Waals surface area contributed by atoms with Crippen molar-refractivity contribution in [1.29, 1.82) is 0 Å². The molecule has 0 radical (unpaired) electrons. The molecule has 5 heteroatoms. The van der Waals surface area contributed by atoms with E-state index in [-0.39, 0.29) is 5.75 Å². The van der Waals surface area contributed by atoms with Crippen molar-refractivity contribution in [3.63, 3.8) is 0 Å². The van der Waals surface area contributed by atoms with Gasteiger partial charge in [0.1, 0.15) is 24.0 Å². The van der Waals surface area contributed by atoms with E-state index in [4.69, 9.17) is 4.74 Å². The van der Waals surface area contributed by atoms with Gasteiger partial charge in [0, 0.05) is 40.5 Å². The molecule has 0 atom stereocenters. The standard InChI is InChI=1S/C15H17F2NOS/c1-10(2)18-8-14-3-4-15(20-14)9-19-13-6-11(16)5-12(17)7-13/h3-7,10,18H,8-9H2,1-2H3. The minimum atomic E-state index is -0.631. The van der Waals surface area contributed by atoms with Crippen LogP contribution >= 0.6 is 11.3 Å². The Balaban J connectivity index is 1.90. The summed E-state index contributed by atoms with van der Waals surface area (Å²) in [5, 5.41) is 3.33. The van der Waals surface area contributed by atoms with Gasteiger partial charge in [-0.15, -0.1) is 11.3 Å². The van der Waals surface area contributed by atoms with Crippen LogP contribution in [0.2, 0.25) is 0 Å². The first-order valence-corrected chi connectivity index (χ1v) is 7.24. The first-order valence-electron chi connectivity index (χ1n) is 6.43. The molecule has 1 aromatic heterocycles. The van der Waals surface area contributed by atoms with Crippen LogP contribution in [0.3, 0.4) is 0 Å². The third-order valence-corrected chi connectivity index (χ3v) is 3.68. The molecule has 1 aromatic carbocycles. The summed E-state index contributed by atoms with van der Waals surface area (Å²) in [6.07, 6.45) is 0. The molecule has 0 bridgehead atoms. The number of halogens is 2. The quantitative estimate of drug-likeness (QED) is 0.866. The van der Waals surface area contributed by atoms with Gasteiger partial charge in [0.2, 0.25) is 0 Å². The maximum absolute atomic E-state index is 13.0. The molecule has 2 nitrogen and oxygen atoms in total. The van der Waals surface area contributed by atoms with Gasteiger partial charge in [-0.3, -0.25) is 0 Å². The van der Waals surface area contributed by atoms with Gasteiger partial charge in [-0.2, -0.15) is 0 Å². The smallest absolute Gasteiger partial charge is 0.129 e. The molecule has 2 rings (SSSR count). The lowest BCUT2D eigenvalue weighted by atomic mass is 10.3. The molecule has 0 saturated carbocycles. The molecule has 1 heterocycles. The molecule has 0 aliphatic carbocycles. The van der Waals surface area contributed by atoms with Gasteiger partial charge >= 0.3 is 0 Å². The first kappa shape index (κ1) is 14.9. The maximum atomic E-state index is 13.0. The molecule has 0 fully saturated rings. The number of rotatable bonds is 6. The van der Waals surface area contributed by atoms with Crippen molar-refractivity contribution in [2.75, 3.05) is 0 Å². The molecule has 2 aromatic rings. The van der Waals surface area contributed by atoms with Crippen molar-refractivity contribution in [3.8, 4) is 5.75 Å². The highest BCUT2D eigenvalue weighted by Crippen LogP contribution is 2.21. The number of ether oxygens (including phenoxy) is 1. The van der Waals surface area contributed by atoms with Crippen LogP contribution in [0.15, 0.2) is 30.3 Å². The number of thiophene rings is 1. The first-order chi connectivity index (χ1) is 9.52. The third-order valence-electron chi connectivity index (χ3n) is 2.62. The average molecular weight is 297 g/mol. The lowest BCUT2D eigenvalue weighted by Gasteiger charge is -2.06. The molecule has 0 aliphatic heterocycles. The van der Waals surface area contributed by atoms with E-state index in [1.165, 1.54) is 17.0 Å². The van der Waals surface area contributed by atoms with Crippen molar-refractivity contribution in [1.82, 2.24) is 5.32 Å². The van der Waals surface area contributed by atoms with Crippen LogP contribution in [-0.4, -0.2) is 6.04 Å². The second kappa shape index (κ2) is 6.81. The molecule has 0 saturated heterocycles. The van der Waals surface area contributed by atoms with Crippen LogP contribution in [0.4, 0.5) is 8.78 Å². The molecule has 108 valence electrons. The van der Waals surface area contributed by atoms with Crippen molar-refractivity contribution < 1.29 is 13.5 Å². The average Bonchev–Trinajstić information content (AvgIpc) is 2.81. The fourth-order valence-corrected chi connectivity index (χ4v) is 2.55. The van der Waals surface area contributed by atoms with Gasteiger partial charge in [-0.05, 0) is 12.1 Å². The lowest BCUT2D eigenvalue weighted by Crippen LogP contribution is -2.21. The van der Waals surface area contributed by atoms with E-state index in [1.54, 1.807) is 11.3 Å². The summed E-state index contributed by atoms with van der Waals surface area (Å²) in [5.41, 5.74) is 0. The van der Waals surface area contributed by atoms with Gasteiger partial charge in [-0.1, -0.05) is 13.8 Å². The topological polar surface area (TPSA) is 21.3 Å². The molecule has 0 amide bonds. The molecule has 1 N–H and O–H groups in total. The van der Waals surface area contributed by atoms with Crippen LogP contribution < -0.4 is 10.1 Å². The van der Waals surface area contributed by atoms with Gasteiger partial charge < -0.3 is 10.1 Å². The van der Waals surface area contributed by atoms with Crippen molar-refractivity contribution in [2.24, 2.45) is 0 Å². The van der Waals surface area contributed by atoms with Crippen LogP contribution in [0.5, 0.6) is 5.75 Å². The van der Waals surface area contributed by atoms with E-state index in [2.05, 4.69) is 19.2 Å². The largest absolute Gasteiger partial charge is 0.488 e. The fourth-order valence-electron chi connectivity index (χ4n) is 1.67. The van der Waals surface area contributed by atoms with Crippen LogP contribution in [0, 0.1) is 11.6 Å². The zero-order chi connectivity index (χ0) is 14.5. The lowest BCUT2D eigenvalue weighted by molar-refractivity contribution is 0.306. The molecular weight excluding hydrogens is 280 g/mol. The highest BCUT2D eigenvalue weighted by atomic mass is 32.1. The maximum Gasteiger partial charge on any atom is 0.129 e. The predicted molar refractivity (Wildman–Crippen MR) is 77.0 cm³/mol. The zero-order valence-electron chi connectivity index (χ0n) is 11.5. The Morgan fingerprint density at radius 3 is 2.40 bits per heavy atom. The molecule has 0 aliphatic rings. The normalized spacial score (nSPS) is 11.1. The van der Waals surface area contributed by atoms with Gasteiger partial charge in [0.15, 0.2) is 0 Å². The SMILES string of the molecule is CC(C)NCc1ccc(COc2cc(F)cc(F)c2)s1. The van der Waals surface area contributed by atoms with Gasteiger partial charge in [0.05, 0.1) is 0 Å². The van der Waals surface area contributed by atoms with E-state index in [0.717, 1.165) is 17.5 Å². The molecular formula is C15H17F2NOS. The molecule has 0 unspecified atom stereocenters. The second-order valence-electron chi connectivity index (χ2n) is 4.80. The summed E-state index contributed by atoms with van der Waals surface area (Å²) in [6.45, 7) is 5.32. The molecule has 0 spiro atoms. The van der Waals surface area contributed by atoms with Crippen LogP contribution in [-0.2, 0) is 13.2 Å². The predicted octanol–water partition coefficient (Wildman–Crippen LogP) is 4.10. The Morgan fingerprint density at radius 1 is 1.10 bits per heavy atom. The van der Waals surface area contributed by atoms with Crippen molar-refractivity contribution in [3.05, 3.63) is 51.7 Å². The highest BCUT2D eigenvalue weighted by molar-refractivity contribution is 7.11. The second-order valence-corrected chi connectivity index (χ2v) is 6.05. The zero-order valence-corrected chi connectivity index (χ0v) is 12.3. The fraction of sp³-hybridized carbons (Fsp3) is 0.333. The summed E-state index contributed by atoms with van der Waals surface area (Å²) >= 11 is 1.63. The number of hydrogen-bond acceptors (Lipinski definition) is 3. The van der Waals surface area contributed by atoms with E-state index >= 15 is 0 Å². The molecule has 20 heavy (non-hydrogen) atoms. The van der Waals surface area contributed by atoms with Crippen molar-refractivity contribution in [2.45, 2.75) is 33.0 Å². The summed E-state index contributed by atoms with van der Waals surface area (Å²) < 4.78 is 31.4. The monoisotopic (exact) mass is 297 g/mol. The van der Waals surface area contributed by atoms with E-state index in [9.17, 15) is 8.78 Å². The van der Waals surface area contributed by atoms with Crippen LogP contribution in [0.25, 0.3) is 0 Å². The summed E-state index contributed by atoms with van der Waals surface area (Å²) in [4.78, 5) is 2.23. The number of hydrogen-bond donors (Lipinski definition) is 1. The highest BCUT2D eigenvalue weighted by Gasteiger charge is 2.04. The summed E-state index contributed by atoms with van der Waals surface area (Å²) in [7, 11) is 0. The minimum Gasteiger partial charge on any atom is -0.488 e. The van der Waals surface area contributed by atoms with E-state index in [1.807, 2.05) is 12.1 Å². The Hall–Kier alpha value is -1.46.